The van der Waals surface area contributed by atoms with Crippen LogP contribution in [-0.2, 0) is 19.0 Å². The number of alkyl halides is 1. The van der Waals surface area contributed by atoms with Crippen molar-refractivity contribution in [1.29, 1.82) is 0 Å². The molecule has 27 heavy (non-hydrogen) atoms. The Morgan fingerprint density at radius 2 is 1.37 bits per heavy atom. The number of halogens is 1. The minimum Gasteiger partial charge on any atom is -0.491 e. The number of nitrogens with one attached hydrogen (secondary N) is 1. The van der Waals surface area contributed by atoms with Crippen LogP contribution in [0, 0.1) is 0 Å². The van der Waals surface area contributed by atoms with Crippen molar-refractivity contribution in [2.24, 2.45) is 0 Å². The van der Waals surface area contributed by atoms with Gasteiger partial charge in [0.2, 0.25) is 5.91 Å². The Morgan fingerprint density at radius 3 is 1.96 bits per heavy atom. The summed E-state index contributed by atoms with van der Waals surface area (Å²) in [6.45, 7) is 5.63. The lowest BCUT2D eigenvalue weighted by atomic mass is 10.2. The van der Waals surface area contributed by atoms with Crippen molar-refractivity contribution in [3.8, 4) is 5.75 Å². The molecule has 0 heterocycles. The lowest BCUT2D eigenvalue weighted by molar-refractivity contribution is -0.114. The van der Waals surface area contributed by atoms with Crippen molar-refractivity contribution in [3.05, 3.63) is 24.3 Å². The smallest absolute Gasteiger partial charge is 0.221 e. The van der Waals surface area contributed by atoms with Crippen molar-refractivity contribution >= 4 is 34.2 Å². The fourth-order valence-electron chi connectivity index (χ4n) is 2.25. The fraction of sp³-hybridized carbons (Fsp3) is 0.650. The number of anilines is 1. The van der Waals surface area contributed by atoms with Crippen LogP contribution in [0.4, 0.5) is 5.69 Å². The summed E-state index contributed by atoms with van der Waals surface area (Å²) in [6, 6.07) is 7.24. The summed E-state index contributed by atoms with van der Waals surface area (Å²) in [5.41, 5.74) is 0.753. The molecule has 0 radical (unpaired) electrons. The van der Waals surface area contributed by atoms with E-state index in [0.717, 1.165) is 24.5 Å². The first-order valence-electron chi connectivity index (χ1n) is 9.52. The van der Waals surface area contributed by atoms with Crippen LogP contribution in [-0.4, -0.2) is 56.6 Å². The predicted molar refractivity (Wildman–Crippen MR) is 116 cm³/mol. The highest BCUT2D eigenvalue weighted by molar-refractivity contribution is 14.1. The van der Waals surface area contributed by atoms with Gasteiger partial charge in [0.15, 0.2) is 0 Å². The normalized spacial score (nSPS) is 10.7. The average Bonchev–Trinajstić information content (AvgIpc) is 2.66. The van der Waals surface area contributed by atoms with E-state index in [2.05, 4.69) is 27.9 Å². The molecule has 1 amide bonds. The fourth-order valence-corrected chi connectivity index (χ4v) is 2.79. The van der Waals surface area contributed by atoms with E-state index in [1.807, 2.05) is 12.1 Å². The number of unbranched alkanes of at least 4 members (excludes halogenated alkanes) is 3. The largest absolute Gasteiger partial charge is 0.491 e. The third kappa shape index (κ3) is 14.8. The molecule has 0 atom stereocenters. The zero-order chi connectivity index (χ0) is 19.6. The van der Waals surface area contributed by atoms with E-state index < -0.39 is 0 Å². The highest BCUT2D eigenvalue weighted by Crippen LogP contribution is 2.15. The topological polar surface area (TPSA) is 66.0 Å². The first kappa shape index (κ1) is 24.1. The molecular weight excluding hydrogens is 461 g/mol. The third-order valence-electron chi connectivity index (χ3n) is 3.59. The summed E-state index contributed by atoms with van der Waals surface area (Å²) in [4.78, 5) is 11.0. The molecule has 6 nitrogen and oxygen atoms in total. The Kier molecular flexibility index (Phi) is 15.4. The SMILES string of the molecule is CC(=O)Nc1ccc(OCCOCCOCCOCCCCCCI)cc1. The molecule has 0 spiro atoms. The van der Waals surface area contributed by atoms with Gasteiger partial charge in [0.1, 0.15) is 12.4 Å². The summed E-state index contributed by atoms with van der Waals surface area (Å²) in [6.07, 6.45) is 4.99. The Labute approximate surface area is 176 Å². The van der Waals surface area contributed by atoms with Crippen LogP contribution in [0.15, 0.2) is 24.3 Å². The number of hydrogen-bond acceptors (Lipinski definition) is 5. The highest BCUT2D eigenvalue weighted by atomic mass is 127. The molecule has 0 bridgehead atoms. The van der Waals surface area contributed by atoms with E-state index in [1.165, 1.54) is 30.6 Å². The van der Waals surface area contributed by atoms with Gasteiger partial charge in [0.25, 0.3) is 0 Å². The maximum atomic E-state index is 11.0. The van der Waals surface area contributed by atoms with Gasteiger partial charge in [-0.15, -0.1) is 0 Å². The van der Waals surface area contributed by atoms with Crippen LogP contribution in [0.2, 0.25) is 0 Å². The molecule has 0 saturated heterocycles. The first-order chi connectivity index (χ1) is 13.2. The van der Waals surface area contributed by atoms with E-state index in [4.69, 9.17) is 18.9 Å². The summed E-state index contributed by atoms with van der Waals surface area (Å²) in [7, 11) is 0. The molecule has 0 aliphatic carbocycles. The van der Waals surface area contributed by atoms with Crippen molar-refractivity contribution in [1.82, 2.24) is 0 Å². The standard InChI is InChI=1S/C20H32INO5/c1-18(23)22-19-6-8-20(9-7-19)27-17-16-26-15-14-25-13-12-24-11-5-3-2-4-10-21/h6-9H,2-5,10-17H2,1H3,(H,22,23). The maximum Gasteiger partial charge on any atom is 0.221 e. The van der Waals surface area contributed by atoms with Crippen LogP contribution < -0.4 is 10.1 Å². The predicted octanol–water partition coefficient (Wildman–Crippen LogP) is 4.07. The summed E-state index contributed by atoms with van der Waals surface area (Å²) in [5.74, 6) is 0.656. The van der Waals surface area contributed by atoms with E-state index >= 15 is 0 Å². The number of hydrogen-bond donors (Lipinski definition) is 1. The molecular formula is C20H32INO5. The first-order valence-corrected chi connectivity index (χ1v) is 11.0. The monoisotopic (exact) mass is 493 g/mol. The van der Waals surface area contributed by atoms with Gasteiger partial charge in [0.05, 0.1) is 33.0 Å². The molecule has 0 aliphatic rings. The number of benzene rings is 1. The minimum absolute atomic E-state index is 0.0898. The maximum absolute atomic E-state index is 11.0. The lowest BCUT2D eigenvalue weighted by Crippen LogP contribution is -2.13. The molecule has 0 fully saturated rings. The lowest BCUT2D eigenvalue weighted by Gasteiger charge is -2.09. The summed E-state index contributed by atoms with van der Waals surface area (Å²) < 4.78 is 23.3. The second-order valence-corrected chi connectivity index (χ2v) is 7.07. The molecule has 1 aromatic carbocycles. The van der Waals surface area contributed by atoms with E-state index in [9.17, 15) is 4.79 Å². The molecule has 0 aromatic heterocycles. The van der Waals surface area contributed by atoms with Gasteiger partial charge >= 0.3 is 0 Å². The molecule has 1 N–H and O–H groups in total. The molecule has 0 saturated carbocycles. The average molecular weight is 493 g/mol. The second kappa shape index (κ2) is 17.2. The quantitative estimate of drug-likeness (QED) is 0.201. The van der Waals surface area contributed by atoms with Gasteiger partial charge in [-0.3, -0.25) is 4.79 Å². The Morgan fingerprint density at radius 1 is 0.815 bits per heavy atom. The number of ether oxygens (including phenoxy) is 4. The minimum atomic E-state index is -0.0898. The molecule has 0 unspecified atom stereocenters. The molecule has 154 valence electrons. The van der Waals surface area contributed by atoms with Crippen LogP contribution in [0.1, 0.15) is 32.6 Å². The van der Waals surface area contributed by atoms with Gasteiger partial charge in [-0.1, -0.05) is 35.4 Å². The van der Waals surface area contributed by atoms with Gasteiger partial charge in [-0.2, -0.15) is 0 Å². The summed E-state index contributed by atoms with van der Waals surface area (Å²) in [5, 5.41) is 2.71. The van der Waals surface area contributed by atoms with E-state index in [1.54, 1.807) is 12.1 Å². The van der Waals surface area contributed by atoms with Gasteiger partial charge < -0.3 is 24.3 Å². The van der Waals surface area contributed by atoms with E-state index in [0.29, 0.717) is 39.6 Å². The zero-order valence-electron chi connectivity index (χ0n) is 16.2. The number of amides is 1. The van der Waals surface area contributed by atoms with E-state index in [-0.39, 0.29) is 5.91 Å². The molecule has 7 heteroatoms. The summed E-state index contributed by atoms with van der Waals surface area (Å²) >= 11 is 2.42. The number of rotatable bonds is 17. The van der Waals surface area contributed by atoms with Crippen molar-refractivity contribution in [2.75, 3.05) is 56.0 Å². The van der Waals surface area contributed by atoms with Crippen LogP contribution in [0.25, 0.3) is 0 Å². The number of carbonyl (C=O) groups excluding carboxylic acids is 1. The molecule has 1 rings (SSSR count). The number of carbonyl (C=O) groups is 1. The second-order valence-electron chi connectivity index (χ2n) is 5.99. The molecule has 1 aromatic rings. The Balaban J connectivity index is 1.84. The van der Waals surface area contributed by atoms with Gasteiger partial charge in [-0.25, -0.2) is 0 Å². The Bertz CT molecular complexity index is 484. The molecule has 0 aliphatic heterocycles. The van der Waals surface area contributed by atoms with Crippen molar-refractivity contribution < 1.29 is 23.7 Å². The van der Waals surface area contributed by atoms with Crippen molar-refractivity contribution in [2.45, 2.75) is 32.6 Å². The van der Waals surface area contributed by atoms with Gasteiger partial charge in [-0.05, 0) is 41.5 Å². The van der Waals surface area contributed by atoms with Crippen LogP contribution in [0.3, 0.4) is 0 Å². The van der Waals surface area contributed by atoms with Gasteiger partial charge in [0, 0.05) is 19.2 Å². The van der Waals surface area contributed by atoms with Crippen LogP contribution in [0.5, 0.6) is 5.75 Å². The van der Waals surface area contributed by atoms with Crippen molar-refractivity contribution in [3.63, 3.8) is 0 Å². The highest BCUT2D eigenvalue weighted by Gasteiger charge is 1.98. The zero-order valence-corrected chi connectivity index (χ0v) is 18.4. The Hall–Kier alpha value is -0.900. The van der Waals surface area contributed by atoms with Crippen LogP contribution >= 0.6 is 22.6 Å². The third-order valence-corrected chi connectivity index (χ3v) is 4.35.